The summed E-state index contributed by atoms with van der Waals surface area (Å²) < 4.78 is 26.5. The molecule has 0 spiro atoms. The monoisotopic (exact) mass is 198 g/mol. The van der Waals surface area contributed by atoms with Crippen molar-refractivity contribution in [2.24, 2.45) is 0 Å². The molecule has 0 unspecified atom stereocenters. The van der Waals surface area contributed by atoms with Crippen LogP contribution in [0.15, 0.2) is 18.2 Å². The van der Waals surface area contributed by atoms with Gasteiger partial charge in [-0.2, -0.15) is 8.78 Å². The van der Waals surface area contributed by atoms with Crippen LogP contribution in [0.3, 0.4) is 0 Å². The molecule has 0 saturated heterocycles. The highest BCUT2D eigenvalue weighted by atomic mass is 19.3. The molecule has 14 heavy (non-hydrogen) atoms. The number of aryl methyl sites for hydroxylation is 2. The van der Waals surface area contributed by atoms with Crippen LogP contribution in [0.2, 0.25) is 0 Å². The minimum atomic E-state index is -3.36. The predicted octanol–water partition coefficient (Wildman–Crippen LogP) is 2.98. The molecule has 0 radical (unpaired) electrons. The van der Waals surface area contributed by atoms with E-state index in [4.69, 9.17) is 0 Å². The Morgan fingerprint density at radius 1 is 1.21 bits per heavy atom. The number of halogens is 2. The highest BCUT2D eigenvalue weighted by molar-refractivity contribution is 5.84. The molecule has 0 N–H and O–H groups in total. The van der Waals surface area contributed by atoms with Gasteiger partial charge in [0.15, 0.2) is 0 Å². The molecule has 0 aliphatic carbocycles. The number of hydrogen-bond acceptors (Lipinski definition) is 1. The summed E-state index contributed by atoms with van der Waals surface area (Å²) in [7, 11) is 0. The van der Waals surface area contributed by atoms with E-state index in [0.29, 0.717) is 0 Å². The topological polar surface area (TPSA) is 17.1 Å². The second-order valence-corrected chi connectivity index (χ2v) is 3.43. The van der Waals surface area contributed by atoms with Crippen LogP contribution in [-0.4, -0.2) is 5.78 Å². The minimum Gasteiger partial charge on any atom is -0.293 e. The lowest BCUT2D eigenvalue weighted by molar-refractivity contribution is -0.141. The van der Waals surface area contributed by atoms with Gasteiger partial charge < -0.3 is 0 Å². The van der Waals surface area contributed by atoms with E-state index in [1.807, 2.05) is 6.92 Å². The molecule has 0 amide bonds. The molecule has 1 aromatic carbocycles. The third-order valence-electron chi connectivity index (χ3n) is 2.31. The minimum absolute atomic E-state index is 0.229. The lowest BCUT2D eigenvalue weighted by Crippen LogP contribution is -2.23. The van der Waals surface area contributed by atoms with Crippen LogP contribution in [0.5, 0.6) is 0 Å². The first-order chi connectivity index (χ1) is 6.35. The molecule has 0 aliphatic rings. The van der Waals surface area contributed by atoms with Crippen LogP contribution in [0, 0.1) is 13.8 Å². The summed E-state index contributed by atoms with van der Waals surface area (Å²) in [5.74, 6) is -4.49. The molecular weight excluding hydrogens is 186 g/mol. The van der Waals surface area contributed by atoms with Crippen LogP contribution in [0.1, 0.15) is 23.6 Å². The molecule has 0 aromatic heterocycles. The van der Waals surface area contributed by atoms with Crippen molar-refractivity contribution in [1.29, 1.82) is 0 Å². The Morgan fingerprint density at radius 3 is 2.21 bits per heavy atom. The second-order valence-electron chi connectivity index (χ2n) is 3.43. The smallest absolute Gasteiger partial charge is 0.293 e. The third-order valence-corrected chi connectivity index (χ3v) is 2.31. The molecule has 1 nitrogen and oxygen atoms in total. The lowest BCUT2D eigenvalue weighted by Gasteiger charge is -2.14. The number of benzene rings is 1. The average molecular weight is 198 g/mol. The van der Waals surface area contributed by atoms with Crippen LogP contribution in [-0.2, 0) is 10.7 Å². The fourth-order valence-corrected chi connectivity index (χ4v) is 1.14. The highest BCUT2D eigenvalue weighted by Crippen LogP contribution is 2.29. The van der Waals surface area contributed by atoms with Gasteiger partial charge in [0.25, 0.3) is 0 Å². The van der Waals surface area contributed by atoms with Crippen molar-refractivity contribution in [3.8, 4) is 0 Å². The summed E-state index contributed by atoms with van der Waals surface area (Å²) in [6, 6.07) is 4.25. The van der Waals surface area contributed by atoms with Gasteiger partial charge in [0.05, 0.1) is 0 Å². The summed E-state index contributed by atoms with van der Waals surface area (Å²) in [6.07, 6.45) is 0. The van der Waals surface area contributed by atoms with Crippen LogP contribution in [0.25, 0.3) is 0 Å². The number of carbonyl (C=O) groups is 1. The molecule has 0 atom stereocenters. The Morgan fingerprint density at radius 2 is 1.79 bits per heavy atom. The maximum absolute atomic E-state index is 13.2. The van der Waals surface area contributed by atoms with E-state index in [2.05, 4.69) is 0 Å². The Labute approximate surface area is 81.7 Å². The van der Waals surface area contributed by atoms with E-state index >= 15 is 0 Å². The zero-order chi connectivity index (χ0) is 10.9. The Balaban J connectivity index is 3.21. The first kappa shape index (κ1) is 10.8. The van der Waals surface area contributed by atoms with Crippen molar-refractivity contribution in [2.45, 2.75) is 26.7 Å². The van der Waals surface area contributed by atoms with Gasteiger partial charge in [-0.15, -0.1) is 0 Å². The molecule has 0 aliphatic heterocycles. The molecule has 1 rings (SSSR count). The van der Waals surface area contributed by atoms with Crippen molar-refractivity contribution in [3.63, 3.8) is 0 Å². The van der Waals surface area contributed by atoms with E-state index in [1.54, 1.807) is 13.0 Å². The Kier molecular flexibility index (Phi) is 2.69. The van der Waals surface area contributed by atoms with Crippen LogP contribution in [0.4, 0.5) is 8.78 Å². The van der Waals surface area contributed by atoms with Gasteiger partial charge in [-0.05, 0) is 31.0 Å². The Hall–Kier alpha value is -1.25. The maximum Gasteiger partial charge on any atom is 0.330 e. The van der Waals surface area contributed by atoms with Gasteiger partial charge in [-0.3, -0.25) is 4.79 Å². The molecule has 0 saturated carbocycles. The zero-order valence-corrected chi connectivity index (χ0v) is 8.40. The molecule has 3 heteroatoms. The van der Waals surface area contributed by atoms with Crippen molar-refractivity contribution in [3.05, 3.63) is 34.9 Å². The SMILES string of the molecule is CC(=O)C(F)(F)c1ccc(C)c(C)c1. The molecule has 1 aromatic rings. The maximum atomic E-state index is 13.2. The number of alkyl halides is 2. The van der Waals surface area contributed by atoms with Gasteiger partial charge in [0.2, 0.25) is 5.78 Å². The van der Waals surface area contributed by atoms with Crippen molar-refractivity contribution >= 4 is 5.78 Å². The standard InChI is InChI=1S/C11H12F2O/c1-7-4-5-10(6-8(7)2)11(12,13)9(3)14/h4-6H,1-3H3. The van der Waals surface area contributed by atoms with Gasteiger partial charge in [-0.1, -0.05) is 12.1 Å². The number of ketones is 1. The first-order valence-electron chi connectivity index (χ1n) is 4.32. The highest BCUT2D eigenvalue weighted by Gasteiger charge is 2.37. The summed E-state index contributed by atoms with van der Waals surface area (Å²) in [5, 5.41) is 0. The number of hydrogen-bond donors (Lipinski definition) is 0. The fourth-order valence-electron chi connectivity index (χ4n) is 1.14. The third kappa shape index (κ3) is 1.81. The van der Waals surface area contributed by atoms with Gasteiger partial charge in [-0.25, -0.2) is 0 Å². The van der Waals surface area contributed by atoms with Crippen molar-refractivity contribution < 1.29 is 13.6 Å². The first-order valence-corrected chi connectivity index (χ1v) is 4.32. The molecule has 0 bridgehead atoms. The predicted molar refractivity (Wildman–Crippen MR) is 50.5 cm³/mol. The number of carbonyl (C=O) groups excluding carboxylic acids is 1. The van der Waals surface area contributed by atoms with Crippen molar-refractivity contribution in [1.82, 2.24) is 0 Å². The van der Waals surface area contributed by atoms with Crippen LogP contribution < -0.4 is 0 Å². The van der Waals surface area contributed by atoms with Gasteiger partial charge in [0.1, 0.15) is 0 Å². The molecular formula is C11H12F2O. The molecule has 76 valence electrons. The van der Waals surface area contributed by atoms with Gasteiger partial charge >= 0.3 is 5.92 Å². The van der Waals surface area contributed by atoms with E-state index < -0.39 is 11.7 Å². The summed E-state index contributed by atoms with van der Waals surface area (Å²) in [5.41, 5.74) is 1.48. The lowest BCUT2D eigenvalue weighted by atomic mass is 10.0. The molecule has 0 fully saturated rings. The number of rotatable bonds is 2. The van der Waals surface area contributed by atoms with Crippen molar-refractivity contribution in [2.75, 3.05) is 0 Å². The zero-order valence-electron chi connectivity index (χ0n) is 8.40. The van der Waals surface area contributed by atoms with Gasteiger partial charge in [0, 0.05) is 12.5 Å². The van der Waals surface area contributed by atoms with E-state index in [-0.39, 0.29) is 5.56 Å². The van der Waals surface area contributed by atoms with Crippen LogP contribution >= 0.6 is 0 Å². The van der Waals surface area contributed by atoms with E-state index in [9.17, 15) is 13.6 Å². The second kappa shape index (κ2) is 3.48. The van der Waals surface area contributed by atoms with E-state index in [1.165, 1.54) is 12.1 Å². The number of Topliss-reactive ketones (excluding diaryl/α,β-unsaturated/α-hetero) is 1. The largest absolute Gasteiger partial charge is 0.330 e. The Bertz CT molecular complexity index is 370. The summed E-state index contributed by atoms with van der Waals surface area (Å²) in [6.45, 7) is 4.48. The summed E-state index contributed by atoms with van der Waals surface area (Å²) in [4.78, 5) is 10.7. The fraction of sp³-hybridized carbons (Fsp3) is 0.364. The molecule has 0 heterocycles. The average Bonchev–Trinajstić information content (AvgIpc) is 2.09. The summed E-state index contributed by atoms with van der Waals surface area (Å²) >= 11 is 0. The van der Waals surface area contributed by atoms with E-state index in [0.717, 1.165) is 18.1 Å². The quantitative estimate of drug-likeness (QED) is 0.714. The normalized spacial score (nSPS) is 11.5.